The van der Waals surface area contributed by atoms with Gasteiger partial charge in [0.05, 0.1) is 5.56 Å². The van der Waals surface area contributed by atoms with Gasteiger partial charge in [0.1, 0.15) is 11.5 Å². The summed E-state index contributed by atoms with van der Waals surface area (Å²) in [6.45, 7) is 0.311. The van der Waals surface area contributed by atoms with Crippen LogP contribution >= 0.6 is 0 Å². The Labute approximate surface area is 185 Å². The van der Waals surface area contributed by atoms with E-state index in [0.717, 1.165) is 17.7 Å². The van der Waals surface area contributed by atoms with Gasteiger partial charge in [-0.15, -0.1) is 8.78 Å². The van der Waals surface area contributed by atoms with Crippen LogP contribution in [-0.2, 0) is 6.42 Å². The number of nitrogens with two attached hydrogens (primary N) is 1. The molecule has 1 aromatic heterocycles. The third-order valence-corrected chi connectivity index (χ3v) is 4.69. The van der Waals surface area contributed by atoms with Crippen LogP contribution in [0.2, 0.25) is 0 Å². The normalized spacial score (nSPS) is 13.4. The number of hydrogen-bond donors (Lipinski definition) is 3. The van der Waals surface area contributed by atoms with Crippen molar-refractivity contribution in [2.45, 2.75) is 12.7 Å². The second-order valence-electron chi connectivity index (χ2n) is 7.06. The summed E-state index contributed by atoms with van der Waals surface area (Å²) in [6, 6.07) is 10.7. The van der Waals surface area contributed by atoms with Crippen molar-refractivity contribution in [1.82, 2.24) is 4.98 Å². The molecular weight excluding hydrogens is 441 g/mol. The van der Waals surface area contributed by atoms with Crippen LogP contribution in [0.1, 0.15) is 26.4 Å². The largest absolute Gasteiger partial charge is 0.586 e. The smallest absolute Gasteiger partial charge is 0.395 e. The van der Waals surface area contributed by atoms with Gasteiger partial charge in [-0.3, -0.25) is 14.6 Å². The number of pyridine rings is 1. The average Bonchev–Trinajstić information content (AvgIpc) is 3.07. The zero-order chi connectivity index (χ0) is 23.6. The monoisotopic (exact) mass is 458 g/mol. The van der Waals surface area contributed by atoms with Crippen molar-refractivity contribution in [2.75, 3.05) is 17.2 Å². The quantitative estimate of drug-likeness (QED) is 0.499. The summed E-state index contributed by atoms with van der Waals surface area (Å²) in [6.07, 6.45) is -1.87. The Morgan fingerprint density at radius 3 is 2.61 bits per heavy atom. The molecule has 0 radical (unpaired) electrons. The zero-order valence-electron chi connectivity index (χ0n) is 16.9. The zero-order valence-corrected chi connectivity index (χ0v) is 16.9. The summed E-state index contributed by atoms with van der Waals surface area (Å²) in [5.74, 6) is -2.18. The van der Waals surface area contributed by atoms with Gasteiger partial charge in [-0.1, -0.05) is 0 Å². The minimum atomic E-state index is -3.77. The molecule has 0 saturated carbocycles. The van der Waals surface area contributed by atoms with Crippen LogP contribution in [0.4, 0.5) is 24.5 Å². The van der Waals surface area contributed by atoms with Crippen molar-refractivity contribution in [2.24, 2.45) is 5.73 Å². The number of rotatable bonds is 7. The third-order valence-electron chi connectivity index (χ3n) is 4.69. The van der Waals surface area contributed by atoms with E-state index in [1.54, 1.807) is 12.1 Å². The molecule has 11 heteroatoms. The number of anilines is 2. The molecule has 1 aliphatic rings. The summed E-state index contributed by atoms with van der Waals surface area (Å²) in [4.78, 5) is 27.9. The summed E-state index contributed by atoms with van der Waals surface area (Å²) in [5, 5.41) is 5.55. The Balaban J connectivity index is 1.45. The standard InChI is InChI=1S/C22H17F3N4O4/c23-13-1-3-15(16(10-13)27-7-5-12-6-8-28-17(9-12)20(26)30)21(31)29-14-2-4-18-19(11-14)33-22(24,25)32-18/h1-4,6,8-11,27H,5,7H2,(H2,26,30)(H,29,31). The highest BCUT2D eigenvalue weighted by Gasteiger charge is 2.43. The number of hydrogen-bond acceptors (Lipinski definition) is 6. The second kappa shape index (κ2) is 8.69. The van der Waals surface area contributed by atoms with Gasteiger partial charge in [0.2, 0.25) is 0 Å². The van der Waals surface area contributed by atoms with E-state index in [2.05, 4.69) is 25.1 Å². The minimum absolute atomic E-state index is 0.125. The van der Waals surface area contributed by atoms with Crippen molar-refractivity contribution in [3.8, 4) is 11.5 Å². The van der Waals surface area contributed by atoms with E-state index in [1.165, 1.54) is 30.5 Å². The first kappa shape index (κ1) is 21.9. The first-order valence-electron chi connectivity index (χ1n) is 9.69. The highest BCUT2D eigenvalue weighted by molar-refractivity contribution is 6.08. The molecule has 0 unspecified atom stereocenters. The van der Waals surface area contributed by atoms with Crippen molar-refractivity contribution in [1.29, 1.82) is 0 Å². The van der Waals surface area contributed by atoms with Crippen LogP contribution in [0.15, 0.2) is 54.7 Å². The Morgan fingerprint density at radius 2 is 1.82 bits per heavy atom. The van der Waals surface area contributed by atoms with Crippen LogP contribution in [-0.4, -0.2) is 29.6 Å². The molecule has 0 saturated heterocycles. The van der Waals surface area contributed by atoms with Crippen LogP contribution in [0.25, 0.3) is 0 Å². The number of alkyl halides is 2. The highest BCUT2D eigenvalue weighted by atomic mass is 19.3. The predicted molar refractivity (Wildman–Crippen MR) is 112 cm³/mol. The topological polar surface area (TPSA) is 116 Å². The lowest BCUT2D eigenvalue weighted by atomic mass is 10.1. The van der Waals surface area contributed by atoms with E-state index >= 15 is 0 Å². The minimum Gasteiger partial charge on any atom is -0.395 e. The van der Waals surface area contributed by atoms with E-state index in [1.807, 2.05) is 0 Å². The van der Waals surface area contributed by atoms with Gasteiger partial charge in [0.15, 0.2) is 11.5 Å². The first-order chi connectivity index (χ1) is 15.7. The molecule has 0 aliphatic carbocycles. The fraction of sp³-hybridized carbons (Fsp3) is 0.136. The third kappa shape index (κ3) is 5.14. The molecule has 0 atom stereocenters. The van der Waals surface area contributed by atoms with Gasteiger partial charge in [0.25, 0.3) is 11.8 Å². The molecule has 2 aromatic carbocycles. The summed E-state index contributed by atoms with van der Waals surface area (Å²) < 4.78 is 48.9. The molecular formula is C22H17F3N4O4. The fourth-order valence-corrected chi connectivity index (χ4v) is 3.19. The lowest BCUT2D eigenvalue weighted by molar-refractivity contribution is -0.286. The fourth-order valence-electron chi connectivity index (χ4n) is 3.19. The van der Waals surface area contributed by atoms with E-state index in [9.17, 15) is 22.8 Å². The van der Waals surface area contributed by atoms with Crippen LogP contribution in [0, 0.1) is 5.82 Å². The number of nitrogens with zero attached hydrogens (tertiary/aromatic N) is 1. The van der Waals surface area contributed by atoms with Gasteiger partial charge in [-0.05, 0) is 54.4 Å². The SMILES string of the molecule is NC(=O)c1cc(CCNc2cc(F)ccc2C(=O)Nc2ccc3c(c2)OC(F)(F)O3)ccn1. The number of halogens is 3. The molecule has 4 N–H and O–H groups in total. The first-order valence-corrected chi connectivity index (χ1v) is 9.69. The maximum absolute atomic E-state index is 13.8. The average molecular weight is 458 g/mol. The van der Waals surface area contributed by atoms with Gasteiger partial charge in [-0.2, -0.15) is 0 Å². The Bertz CT molecular complexity index is 1240. The number of ether oxygens (including phenoxy) is 2. The maximum atomic E-state index is 13.8. The Morgan fingerprint density at radius 1 is 1.03 bits per heavy atom. The van der Waals surface area contributed by atoms with E-state index in [4.69, 9.17) is 5.73 Å². The summed E-state index contributed by atoms with van der Waals surface area (Å²) in [7, 11) is 0. The predicted octanol–water partition coefficient (Wildman–Crippen LogP) is 3.55. The highest BCUT2D eigenvalue weighted by Crippen LogP contribution is 2.42. The molecule has 0 fully saturated rings. The molecule has 33 heavy (non-hydrogen) atoms. The van der Waals surface area contributed by atoms with E-state index < -0.39 is 23.9 Å². The van der Waals surface area contributed by atoms with Gasteiger partial charge in [-0.25, -0.2) is 4.39 Å². The molecule has 0 spiro atoms. The number of aromatic nitrogens is 1. The molecule has 1 aliphatic heterocycles. The van der Waals surface area contributed by atoms with Crippen LogP contribution < -0.4 is 25.8 Å². The van der Waals surface area contributed by atoms with Crippen LogP contribution in [0.5, 0.6) is 11.5 Å². The number of fused-ring (bicyclic) bond motifs is 1. The number of carbonyl (C=O) groups excluding carboxylic acids is 2. The van der Waals surface area contributed by atoms with Crippen molar-refractivity contribution in [3.63, 3.8) is 0 Å². The number of benzene rings is 2. The Hall–Kier alpha value is -4.28. The molecule has 2 heterocycles. The Kier molecular flexibility index (Phi) is 5.78. The molecule has 170 valence electrons. The van der Waals surface area contributed by atoms with E-state index in [-0.39, 0.29) is 34.1 Å². The van der Waals surface area contributed by atoms with Gasteiger partial charge in [0, 0.05) is 30.2 Å². The van der Waals surface area contributed by atoms with Crippen molar-refractivity contribution >= 4 is 23.2 Å². The maximum Gasteiger partial charge on any atom is 0.586 e. The van der Waals surface area contributed by atoms with Crippen molar-refractivity contribution < 1.29 is 32.2 Å². The molecule has 2 amide bonds. The van der Waals surface area contributed by atoms with Gasteiger partial charge >= 0.3 is 6.29 Å². The molecule has 3 aromatic rings. The molecule has 4 rings (SSSR count). The number of amides is 2. The number of primary amides is 1. The molecule has 8 nitrogen and oxygen atoms in total. The molecule has 0 bridgehead atoms. The van der Waals surface area contributed by atoms with Crippen LogP contribution in [0.3, 0.4) is 0 Å². The lowest BCUT2D eigenvalue weighted by Crippen LogP contribution is -2.25. The van der Waals surface area contributed by atoms with Gasteiger partial charge < -0.3 is 25.8 Å². The second-order valence-corrected chi connectivity index (χ2v) is 7.06. The number of carbonyl (C=O) groups is 2. The number of nitrogens with one attached hydrogen (secondary N) is 2. The van der Waals surface area contributed by atoms with Crippen molar-refractivity contribution in [3.05, 3.63) is 77.4 Å². The summed E-state index contributed by atoms with van der Waals surface area (Å²) >= 11 is 0. The van der Waals surface area contributed by atoms with E-state index in [0.29, 0.717) is 13.0 Å². The lowest BCUT2D eigenvalue weighted by Gasteiger charge is -2.13. The summed E-state index contributed by atoms with van der Waals surface area (Å²) in [5.41, 5.74) is 6.66.